The molecule has 2 N–H and O–H groups in total. The van der Waals surface area contributed by atoms with Crippen LogP contribution in [0.2, 0.25) is 0 Å². The standard InChI is InChI=1S/C16H22N4O/c1-5-14-19-15(17-6-2)10-16(20-14)18-12-9-11(3)7-8-13(12)21-4/h7-10H,5-6H2,1-4H3,(H2,17,18,19,20). The third-order valence-corrected chi connectivity index (χ3v) is 3.06. The summed E-state index contributed by atoms with van der Waals surface area (Å²) in [4.78, 5) is 8.97. The van der Waals surface area contributed by atoms with Crippen molar-refractivity contribution in [2.75, 3.05) is 24.3 Å². The number of aryl methyl sites for hydroxylation is 2. The van der Waals surface area contributed by atoms with Crippen LogP contribution in [0.4, 0.5) is 17.3 Å². The van der Waals surface area contributed by atoms with Gasteiger partial charge in [-0.2, -0.15) is 0 Å². The largest absolute Gasteiger partial charge is 0.495 e. The maximum atomic E-state index is 5.39. The molecule has 0 radical (unpaired) electrons. The van der Waals surface area contributed by atoms with Crippen molar-refractivity contribution in [3.63, 3.8) is 0 Å². The zero-order valence-corrected chi connectivity index (χ0v) is 13.0. The normalized spacial score (nSPS) is 10.3. The van der Waals surface area contributed by atoms with Crippen molar-refractivity contribution in [2.45, 2.75) is 27.2 Å². The minimum absolute atomic E-state index is 0.765. The van der Waals surface area contributed by atoms with E-state index in [-0.39, 0.29) is 0 Å². The molecule has 1 heterocycles. The molecular weight excluding hydrogens is 264 g/mol. The number of methoxy groups -OCH3 is 1. The lowest BCUT2D eigenvalue weighted by Gasteiger charge is -2.13. The molecule has 1 aromatic carbocycles. The van der Waals surface area contributed by atoms with Crippen LogP contribution in [-0.4, -0.2) is 23.6 Å². The molecule has 5 heteroatoms. The number of rotatable bonds is 6. The number of anilines is 3. The lowest BCUT2D eigenvalue weighted by molar-refractivity contribution is 0.416. The monoisotopic (exact) mass is 286 g/mol. The smallest absolute Gasteiger partial charge is 0.142 e. The predicted molar refractivity (Wildman–Crippen MR) is 86.6 cm³/mol. The Morgan fingerprint density at radius 2 is 1.86 bits per heavy atom. The van der Waals surface area contributed by atoms with Crippen molar-refractivity contribution in [2.24, 2.45) is 0 Å². The summed E-state index contributed by atoms with van der Waals surface area (Å²) in [5.41, 5.74) is 2.07. The third kappa shape index (κ3) is 3.84. The molecule has 1 aromatic heterocycles. The highest BCUT2D eigenvalue weighted by Gasteiger charge is 2.07. The fourth-order valence-corrected chi connectivity index (χ4v) is 2.05. The maximum Gasteiger partial charge on any atom is 0.142 e. The molecule has 2 rings (SSSR count). The van der Waals surface area contributed by atoms with Gasteiger partial charge in [0.15, 0.2) is 0 Å². The van der Waals surface area contributed by atoms with Gasteiger partial charge in [0.2, 0.25) is 0 Å². The van der Waals surface area contributed by atoms with Crippen LogP contribution in [0.25, 0.3) is 0 Å². The van der Waals surface area contributed by atoms with Gasteiger partial charge in [0.05, 0.1) is 12.8 Å². The minimum Gasteiger partial charge on any atom is -0.495 e. The quantitative estimate of drug-likeness (QED) is 0.850. The van der Waals surface area contributed by atoms with Gasteiger partial charge in [0.1, 0.15) is 23.2 Å². The fourth-order valence-electron chi connectivity index (χ4n) is 2.05. The van der Waals surface area contributed by atoms with E-state index in [0.717, 1.165) is 47.4 Å². The van der Waals surface area contributed by atoms with Crippen molar-refractivity contribution in [3.8, 4) is 5.75 Å². The van der Waals surface area contributed by atoms with Gasteiger partial charge in [-0.25, -0.2) is 9.97 Å². The molecule has 0 aliphatic rings. The Balaban J connectivity index is 2.34. The molecule has 0 aliphatic heterocycles. The van der Waals surface area contributed by atoms with Crippen LogP contribution in [0.3, 0.4) is 0 Å². The van der Waals surface area contributed by atoms with E-state index in [4.69, 9.17) is 4.74 Å². The second-order valence-electron chi connectivity index (χ2n) is 4.77. The molecular formula is C16H22N4O. The number of hydrogen-bond acceptors (Lipinski definition) is 5. The molecule has 0 atom stereocenters. The summed E-state index contributed by atoms with van der Waals surface area (Å²) in [6.45, 7) is 6.96. The number of benzene rings is 1. The van der Waals surface area contributed by atoms with Crippen molar-refractivity contribution >= 4 is 17.3 Å². The predicted octanol–water partition coefficient (Wildman–Crippen LogP) is 3.53. The van der Waals surface area contributed by atoms with E-state index in [2.05, 4.69) is 20.6 Å². The molecule has 0 bridgehead atoms. The summed E-state index contributed by atoms with van der Waals surface area (Å²) in [6, 6.07) is 7.92. The average Bonchev–Trinajstić information content (AvgIpc) is 2.47. The Morgan fingerprint density at radius 3 is 2.52 bits per heavy atom. The maximum absolute atomic E-state index is 5.39. The molecule has 0 spiro atoms. The van der Waals surface area contributed by atoms with Gasteiger partial charge in [0.25, 0.3) is 0 Å². The number of ether oxygens (including phenoxy) is 1. The number of nitrogens with one attached hydrogen (secondary N) is 2. The number of hydrogen-bond donors (Lipinski definition) is 2. The molecule has 0 aliphatic carbocycles. The molecule has 0 unspecified atom stereocenters. The highest BCUT2D eigenvalue weighted by molar-refractivity contribution is 5.66. The van der Waals surface area contributed by atoms with Crippen molar-refractivity contribution in [1.29, 1.82) is 0 Å². The van der Waals surface area contributed by atoms with Gasteiger partial charge in [-0.1, -0.05) is 13.0 Å². The first kappa shape index (κ1) is 15.1. The van der Waals surface area contributed by atoms with Gasteiger partial charge >= 0.3 is 0 Å². The molecule has 2 aromatic rings. The van der Waals surface area contributed by atoms with Crippen molar-refractivity contribution in [3.05, 3.63) is 35.7 Å². The van der Waals surface area contributed by atoms with Gasteiger partial charge in [-0.05, 0) is 31.5 Å². The Kier molecular flexibility index (Phi) is 4.98. The molecule has 112 valence electrons. The molecule has 5 nitrogen and oxygen atoms in total. The lowest BCUT2D eigenvalue weighted by atomic mass is 10.2. The highest BCUT2D eigenvalue weighted by Crippen LogP contribution is 2.28. The Labute approximate surface area is 125 Å². The van der Waals surface area contributed by atoms with E-state index in [1.54, 1.807) is 7.11 Å². The second-order valence-corrected chi connectivity index (χ2v) is 4.77. The van der Waals surface area contributed by atoms with Crippen LogP contribution in [0.1, 0.15) is 25.2 Å². The van der Waals surface area contributed by atoms with Gasteiger partial charge in [0, 0.05) is 19.0 Å². The molecule has 0 fully saturated rings. The molecule has 21 heavy (non-hydrogen) atoms. The van der Waals surface area contributed by atoms with Crippen molar-refractivity contribution < 1.29 is 4.74 Å². The summed E-state index contributed by atoms with van der Waals surface area (Å²) in [5.74, 6) is 3.20. The van der Waals surface area contributed by atoms with Gasteiger partial charge in [-0.3, -0.25) is 0 Å². The van der Waals surface area contributed by atoms with Crippen LogP contribution < -0.4 is 15.4 Å². The van der Waals surface area contributed by atoms with E-state index in [0.29, 0.717) is 0 Å². The molecule has 0 saturated heterocycles. The zero-order chi connectivity index (χ0) is 15.2. The third-order valence-electron chi connectivity index (χ3n) is 3.06. The number of aromatic nitrogens is 2. The Hall–Kier alpha value is -2.30. The Bertz CT molecular complexity index is 613. The first-order valence-corrected chi connectivity index (χ1v) is 7.19. The highest BCUT2D eigenvalue weighted by atomic mass is 16.5. The SMILES string of the molecule is CCNc1cc(Nc2cc(C)ccc2OC)nc(CC)n1. The lowest BCUT2D eigenvalue weighted by Crippen LogP contribution is -2.06. The second kappa shape index (κ2) is 6.92. The summed E-state index contributed by atoms with van der Waals surface area (Å²) < 4.78 is 5.39. The summed E-state index contributed by atoms with van der Waals surface area (Å²) >= 11 is 0. The summed E-state index contributed by atoms with van der Waals surface area (Å²) in [7, 11) is 1.66. The molecule has 0 amide bonds. The average molecular weight is 286 g/mol. The van der Waals surface area contributed by atoms with Crippen molar-refractivity contribution in [1.82, 2.24) is 9.97 Å². The zero-order valence-electron chi connectivity index (χ0n) is 13.0. The molecule has 0 saturated carbocycles. The van der Waals surface area contributed by atoms with E-state index in [9.17, 15) is 0 Å². The summed E-state index contributed by atoms with van der Waals surface area (Å²) in [5, 5.41) is 6.55. The van der Waals surface area contributed by atoms with Crippen LogP contribution in [0.15, 0.2) is 24.3 Å². The first-order valence-electron chi connectivity index (χ1n) is 7.19. The van der Waals surface area contributed by atoms with E-state index in [1.807, 2.05) is 45.0 Å². The van der Waals surface area contributed by atoms with E-state index < -0.39 is 0 Å². The van der Waals surface area contributed by atoms with Gasteiger partial charge in [-0.15, -0.1) is 0 Å². The van der Waals surface area contributed by atoms with Crippen LogP contribution in [0, 0.1) is 6.92 Å². The number of nitrogens with zero attached hydrogens (tertiary/aromatic N) is 2. The van der Waals surface area contributed by atoms with E-state index >= 15 is 0 Å². The van der Waals surface area contributed by atoms with E-state index in [1.165, 1.54) is 0 Å². The minimum atomic E-state index is 0.765. The topological polar surface area (TPSA) is 59.1 Å². The van der Waals surface area contributed by atoms with Gasteiger partial charge < -0.3 is 15.4 Å². The summed E-state index contributed by atoms with van der Waals surface area (Å²) in [6.07, 6.45) is 0.791. The fraction of sp³-hybridized carbons (Fsp3) is 0.375. The van der Waals surface area contributed by atoms with Crippen LogP contribution in [-0.2, 0) is 6.42 Å². The van der Waals surface area contributed by atoms with Crippen LogP contribution >= 0.6 is 0 Å². The first-order chi connectivity index (χ1) is 10.2. The van der Waals surface area contributed by atoms with Crippen LogP contribution in [0.5, 0.6) is 5.75 Å². The Morgan fingerprint density at radius 1 is 1.10 bits per heavy atom.